The number of allylic oxidation sites excluding steroid dienone is 2. The Kier molecular flexibility index (Phi) is 7.91. The number of nitro benzene ring substituents is 1. The van der Waals surface area contributed by atoms with Gasteiger partial charge in [0.2, 0.25) is 11.8 Å². The predicted octanol–water partition coefficient (Wildman–Crippen LogP) is 5.29. The van der Waals surface area contributed by atoms with Crippen LogP contribution in [0.5, 0.6) is 5.75 Å². The van der Waals surface area contributed by atoms with Gasteiger partial charge in [0.25, 0.3) is 5.69 Å². The van der Waals surface area contributed by atoms with E-state index in [-0.39, 0.29) is 41.2 Å². The average Bonchev–Trinajstić information content (AvgIpc) is 3.20. The minimum Gasteiger partial charge on any atom is -0.507 e. The van der Waals surface area contributed by atoms with Crippen LogP contribution in [0, 0.1) is 27.9 Å². The number of amides is 2. The van der Waals surface area contributed by atoms with Crippen molar-refractivity contribution >= 4 is 36.4 Å². The maximum Gasteiger partial charge on any atom is 0.455 e. The van der Waals surface area contributed by atoms with Crippen molar-refractivity contribution in [3.05, 3.63) is 80.9 Å². The second-order valence-corrected chi connectivity index (χ2v) is 10.7. The molecule has 2 aromatic rings. The van der Waals surface area contributed by atoms with Crippen molar-refractivity contribution in [2.75, 3.05) is 4.90 Å². The van der Waals surface area contributed by atoms with E-state index in [0.717, 1.165) is 33.6 Å². The second kappa shape index (κ2) is 11.4. The van der Waals surface area contributed by atoms with Gasteiger partial charge in [-0.2, -0.15) is 0 Å². The van der Waals surface area contributed by atoms with E-state index in [4.69, 9.17) is 4.65 Å². The van der Waals surface area contributed by atoms with Crippen molar-refractivity contribution < 1.29 is 29.3 Å². The Labute approximate surface area is 233 Å². The van der Waals surface area contributed by atoms with E-state index in [2.05, 4.69) is 6.92 Å². The topological polar surface area (TPSA) is 130 Å². The highest BCUT2D eigenvalue weighted by atomic mass is 16.6. The molecule has 0 bridgehead atoms. The monoisotopic (exact) mass is 544 g/mol. The maximum atomic E-state index is 13.8. The van der Waals surface area contributed by atoms with Crippen LogP contribution in [0.4, 0.5) is 11.4 Å². The summed E-state index contributed by atoms with van der Waals surface area (Å²) in [6.07, 6.45) is 4.96. The van der Waals surface area contributed by atoms with Crippen molar-refractivity contribution in [3.63, 3.8) is 0 Å². The molecule has 0 spiro atoms. The quantitative estimate of drug-likeness (QED) is 0.152. The number of hydrogen-bond donors (Lipinski definition) is 2. The molecule has 2 amide bonds. The van der Waals surface area contributed by atoms with Gasteiger partial charge in [-0.05, 0) is 62.0 Å². The number of phenols is 1. The van der Waals surface area contributed by atoms with Crippen molar-refractivity contribution in [3.8, 4) is 5.75 Å². The number of nitro groups is 1. The Morgan fingerprint density at radius 3 is 2.62 bits per heavy atom. The summed E-state index contributed by atoms with van der Waals surface area (Å²) in [6.45, 7) is 4.08. The Hall–Kier alpha value is -3.76. The van der Waals surface area contributed by atoms with Crippen LogP contribution in [0.25, 0.3) is 6.08 Å². The number of para-hydroxylation sites is 1. The third-order valence-corrected chi connectivity index (χ3v) is 8.51. The van der Waals surface area contributed by atoms with Crippen LogP contribution < -0.4 is 4.90 Å². The number of hydrogen-bond acceptors (Lipinski definition) is 7. The largest absolute Gasteiger partial charge is 0.507 e. The Morgan fingerprint density at radius 1 is 1.15 bits per heavy atom. The molecule has 0 aromatic heterocycles. The first-order chi connectivity index (χ1) is 19.2. The summed E-state index contributed by atoms with van der Waals surface area (Å²) in [4.78, 5) is 39.3. The Bertz CT molecular complexity index is 1400. The molecule has 0 radical (unpaired) electrons. The molecule has 2 fully saturated rings. The fourth-order valence-electron chi connectivity index (χ4n) is 6.60. The van der Waals surface area contributed by atoms with Gasteiger partial charge in [-0.1, -0.05) is 55.3 Å². The normalized spacial score (nSPS) is 24.8. The number of fused-ring (bicyclic) bond motifs is 3. The lowest BCUT2D eigenvalue weighted by Crippen LogP contribution is -2.46. The van der Waals surface area contributed by atoms with Gasteiger partial charge in [-0.25, -0.2) is 4.90 Å². The number of benzene rings is 2. The zero-order valence-electron chi connectivity index (χ0n) is 22.7. The fourth-order valence-corrected chi connectivity index (χ4v) is 6.60. The number of carbonyl (C=O) groups is 2. The van der Waals surface area contributed by atoms with Crippen molar-refractivity contribution in [2.45, 2.75) is 58.4 Å². The average molecular weight is 544 g/mol. The molecule has 1 aliphatic carbocycles. The molecule has 0 unspecified atom stereocenters. The summed E-state index contributed by atoms with van der Waals surface area (Å²) in [6, 6.07) is 12.8. The summed E-state index contributed by atoms with van der Waals surface area (Å²) in [5, 5.41) is 32.3. The molecule has 3 aliphatic rings. The molecule has 2 N–H and O–H groups in total. The minimum atomic E-state index is -1.07. The van der Waals surface area contributed by atoms with E-state index in [1.807, 2.05) is 25.1 Å². The summed E-state index contributed by atoms with van der Waals surface area (Å²) in [7, 11) is -1.07. The molecule has 2 aromatic carbocycles. The molecule has 2 heterocycles. The predicted molar refractivity (Wildman–Crippen MR) is 151 cm³/mol. The van der Waals surface area contributed by atoms with Crippen molar-refractivity contribution in [1.29, 1.82) is 0 Å². The lowest BCUT2D eigenvalue weighted by molar-refractivity contribution is -0.384. The van der Waals surface area contributed by atoms with Gasteiger partial charge in [-0.15, -0.1) is 0 Å². The highest BCUT2D eigenvalue weighted by molar-refractivity contribution is 6.43. The van der Waals surface area contributed by atoms with E-state index in [9.17, 15) is 29.8 Å². The molecule has 4 atom stereocenters. The third-order valence-electron chi connectivity index (χ3n) is 8.51. The van der Waals surface area contributed by atoms with Crippen LogP contribution in [0.3, 0.4) is 0 Å². The van der Waals surface area contributed by atoms with E-state index in [1.165, 1.54) is 18.2 Å². The maximum absolute atomic E-state index is 13.8. The van der Waals surface area contributed by atoms with Crippen LogP contribution >= 0.6 is 0 Å². The number of carbonyl (C=O) groups excluding carboxylic acids is 2. The summed E-state index contributed by atoms with van der Waals surface area (Å²) >= 11 is 0. The van der Waals surface area contributed by atoms with Gasteiger partial charge < -0.3 is 14.8 Å². The lowest BCUT2D eigenvalue weighted by atomic mass is 9.58. The van der Waals surface area contributed by atoms with Gasteiger partial charge in [0.05, 0.1) is 28.6 Å². The molecule has 5 rings (SSSR count). The van der Waals surface area contributed by atoms with Crippen LogP contribution in [-0.4, -0.2) is 40.1 Å². The second-order valence-electron chi connectivity index (χ2n) is 10.7. The van der Waals surface area contributed by atoms with Gasteiger partial charge in [0, 0.05) is 17.7 Å². The zero-order chi connectivity index (χ0) is 28.6. The molecular formula is C30H33BN2O7. The number of nitrogens with zero attached hydrogens (tertiary/aromatic N) is 2. The van der Waals surface area contributed by atoms with Crippen molar-refractivity contribution in [1.82, 2.24) is 0 Å². The number of non-ortho nitro benzene ring substituents is 1. The van der Waals surface area contributed by atoms with E-state index in [0.29, 0.717) is 25.7 Å². The van der Waals surface area contributed by atoms with Gasteiger partial charge >= 0.3 is 7.12 Å². The Balaban J connectivity index is 1.43. The number of anilines is 1. The molecule has 2 aliphatic heterocycles. The number of aromatic hydroxyl groups is 1. The smallest absolute Gasteiger partial charge is 0.455 e. The molecule has 10 heteroatoms. The minimum absolute atomic E-state index is 0.189. The fraction of sp³-hybridized carbons (Fsp3) is 0.400. The standard InChI is InChI=1S/C30H33BN2O7/c1-3-18(14-20-8-5-6-11-25(20)34)12-13-26-27-19(4-2)15-23-28(24(27)17-31(37)40-26)30(36)32(29(23)35)21-9-7-10-22(16-21)33(38)39/h5-11,14,16,23-24,26,28,34,37H,3-4,12-13,15,17H2,1-2H3/b18-14+/t23-,24+,26-,28-/m1/s1. The van der Waals surface area contributed by atoms with Crippen molar-refractivity contribution in [2.24, 2.45) is 17.8 Å². The molecule has 9 nitrogen and oxygen atoms in total. The van der Waals surface area contributed by atoms with E-state index < -0.39 is 30.0 Å². The molecule has 40 heavy (non-hydrogen) atoms. The SMILES string of the molecule is CCC1=C2[C@@H](CC/C(=C/c3ccccc3O)CC)OB(O)C[C@@H]2[C@@H]2C(=O)N(c3cccc([N+](=O)[O-])c3)C(=O)[C@@H]2C1. The number of imide groups is 1. The van der Waals surface area contributed by atoms with Crippen LogP contribution in [-0.2, 0) is 14.2 Å². The Morgan fingerprint density at radius 2 is 1.93 bits per heavy atom. The first-order valence-electron chi connectivity index (χ1n) is 13.9. The highest BCUT2D eigenvalue weighted by Gasteiger charge is 2.57. The van der Waals surface area contributed by atoms with Gasteiger partial charge in [0.15, 0.2) is 0 Å². The van der Waals surface area contributed by atoms with Crippen LogP contribution in [0.1, 0.15) is 51.5 Å². The molecular weight excluding hydrogens is 511 g/mol. The van der Waals surface area contributed by atoms with E-state index in [1.54, 1.807) is 18.2 Å². The van der Waals surface area contributed by atoms with Gasteiger partial charge in [0.1, 0.15) is 5.75 Å². The third kappa shape index (κ3) is 5.09. The lowest BCUT2D eigenvalue weighted by Gasteiger charge is -2.43. The summed E-state index contributed by atoms with van der Waals surface area (Å²) in [5.41, 5.74) is 3.96. The zero-order valence-corrected chi connectivity index (χ0v) is 22.7. The van der Waals surface area contributed by atoms with Crippen LogP contribution in [0.2, 0.25) is 6.32 Å². The first-order valence-corrected chi connectivity index (χ1v) is 13.9. The first kappa shape index (κ1) is 27.8. The molecule has 0 saturated carbocycles. The molecule has 2 saturated heterocycles. The van der Waals surface area contributed by atoms with E-state index >= 15 is 0 Å². The number of rotatable bonds is 8. The summed E-state index contributed by atoms with van der Waals surface area (Å²) < 4.78 is 6.06. The highest BCUT2D eigenvalue weighted by Crippen LogP contribution is 2.52. The van der Waals surface area contributed by atoms with Crippen LogP contribution in [0.15, 0.2) is 65.3 Å². The van der Waals surface area contributed by atoms with Gasteiger partial charge in [-0.3, -0.25) is 19.7 Å². The number of phenolic OH excluding ortho intramolecular Hbond substituents is 1. The molecule has 208 valence electrons. The summed E-state index contributed by atoms with van der Waals surface area (Å²) in [5.74, 6) is -2.10.